The lowest BCUT2D eigenvalue weighted by atomic mass is 10.1. The Morgan fingerprint density at radius 3 is 1.64 bits per heavy atom. The Labute approximate surface area is 319 Å². The van der Waals surface area contributed by atoms with Crippen molar-refractivity contribution in [3.8, 4) is 52.1 Å². The van der Waals surface area contributed by atoms with Crippen LogP contribution in [-0.2, 0) is 0 Å². The molecule has 10 rings (SSSR count). The summed E-state index contributed by atoms with van der Waals surface area (Å²) in [4.78, 5) is 21.9. The van der Waals surface area contributed by atoms with Crippen LogP contribution in [0, 0.1) is 17.9 Å². The van der Waals surface area contributed by atoms with Gasteiger partial charge in [0, 0.05) is 70.1 Å². The fraction of sp³-hybridized carbons (Fsp3) is 0. The highest BCUT2D eigenvalue weighted by Gasteiger charge is 2.17. The molecule has 0 fully saturated rings. The normalized spacial score (nSPS) is 11.2. The smallest absolute Gasteiger partial charge is 0.192 e. The van der Waals surface area contributed by atoms with Crippen molar-refractivity contribution in [2.24, 2.45) is 0 Å². The van der Waals surface area contributed by atoms with Crippen molar-refractivity contribution in [1.29, 1.82) is 5.26 Å². The average molecular weight is 723 g/mol. The van der Waals surface area contributed by atoms with Crippen molar-refractivity contribution < 1.29 is 9.47 Å². The zero-order valence-electron chi connectivity index (χ0n) is 29.4. The highest BCUT2D eigenvalue weighted by atomic mass is 16.5. The van der Waals surface area contributed by atoms with Crippen molar-refractivity contribution in [1.82, 2.24) is 29.1 Å². The van der Waals surface area contributed by atoms with Crippen LogP contribution in [0.1, 0.15) is 5.56 Å². The number of hydrogen-bond donors (Lipinski definition) is 0. The molecule has 0 N–H and O–H groups in total. The van der Waals surface area contributed by atoms with Gasteiger partial charge in [0.2, 0.25) is 0 Å². The van der Waals surface area contributed by atoms with Gasteiger partial charge in [-0.05, 0) is 78.9 Å². The molecule has 0 aliphatic rings. The predicted octanol–water partition coefficient (Wildman–Crippen LogP) is 11.1. The molecule has 0 aliphatic carbocycles. The van der Waals surface area contributed by atoms with Gasteiger partial charge >= 0.3 is 0 Å². The van der Waals surface area contributed by atoms with Crippen LogP contribution >= 0.6 is 0 Å². The van der Waals surface area contributed by atoms with Crippen LogP contribution in [-0.4, -0.2) is 29.1 Å². The Bertz CT molecular complexity index is 3050. The third-order valence-corrected chi connectivity index (χ3v) is 9.66. The molecule has 0 radical (unpaired) electrons. The van der Waals surface area contributed by atoms with E-state index in [0.29, 0.717) is 57.3 Å². The van der Waals surface area contributed by atoms with E-state index in [-0.39, 0.29) is 0 Å². The number of aromatic nitrogens is 6. The van der Waals surface area contributed by atoms with E-state index in [9.17, 15) is 5.26 Å². The molecule has 0 saturated carbocycles. The molecule has 10 nitrogen and oxygen atoms in total. The standard InChI is InChI=1S/C46H26N8O2/c1-48-31-16-20-50-45(24-31)54-41-10-5-3-8-37(41)39-14-12-33(27-43(39)54)56-35-23-30(46-51-17-6-18-52-46)22-34(25-35)55-32-11-13-38-36-7-2-4-9-40(36)53(42(38)26-32)44-21-29(28-47)15-19-49-44/h2-27H. The second kappa shape index (κ2) is 13.3. The van der Waals surface area contributed by atoms with Crippen LogP contribution in [0.25, 0.3) is 71.5 Å². The van der Waals surface area contributed by atoms with Crippen molar-refractivity contribution in [2.45, 2.75) is 0 Å². The second-order valence-electron chi connectivity index (χ2n) is 13.0. The van der Waals surface area contributed by atoms with Gasteiger partial charge in [-0.1, -0.05) is 36.4 Å². The predicted molar refractivity (Wildman–Crippen MR) is 216 cm³/mol. The number of para-hydroxylation sites is 2. The minimum Gasteiger partial charge on any atom is -0.457 e. The van der Waals surface area contributed by atoms with Gasteiger partial charge < -0.3 is 9.47 Å². The maximum Gasteiger partial charge on any atom is 0.192 e. The molecule has 0 bridgehead atoms. The average Bonchev–Trinajstić information content (AvgIpc) is 3.76. The van der Waals surface area contributed by atoms with Crippen LogP contribution in [0.15, 0.2) is 158 Å². The maximum absolute atomic E-state index is 9.63. The minimum atomic E-state index is 0.506. The summed E-state index contributed by atoms with van der Waals surface area (Å²) in [7, 11) is 0. The van der Waals surface area contributed by atoms with Gasteiger partial charge in [0.05, 0.1) is 40.3 Å². The summed E-state index contributed by atoms with van der Waals surface area (Å²) in [6.07, 6.45) is 6.70. The van der Waals surface area contributed by atoms with E-state index >= 15 is 0 Å². The lowest BCUT2D eigenvalue weighted by Crippen LogP contribution is -1.98. The molecular formula is C46H26N8O2. The largest absolute Gasteiger partial charge is 0.457 e. The first-order valence-corrected chi connectivity index (χ1v) is 17.7. The van der Waals surface area contributed by atoms with E-state index in [4.69, 9.17) is 16.0 Å². The molecule has 0 atom stereocenters. The van der Waals surface area contributed by atoms with Crippen LogP contribution in [0.4, 0.5) is 5.69 Å². The quantitative estimate of drug-likeness (QED) is 0.151. The number of nitrogens with zero attached hydrogens (tertiary/aromatic N) is 8. The topological polar surface area (TPSA) is 108 Å². The number of pyridine rings is 2. The number of fused-ring (bicyclic) bond motifs is 6. The Balaban J connectivity index is 1.07. The van der Waals surface area contributed by atoms with Crippen LogP contribution in [0.2, 0.25) is 0 Å². The first-order chi connectivity index (χ1) is 27.6. The van der Waals surface area contributed by atoms with Crippen molar-refractivity contribution >= 4 is 49.3 Å². The molecule has 5 aromatic heterocycles. The fourth-order valence-corrected chi connectivity index (χ4v) is 7.27. The SMILES string of the molecule is [C-]#[N+]c1ccnc(-n2c3ccccc3c3ccc(Oc4cc(Oc5ccc6c7ccccc7n(-c7cc(C#N)ccn7)c6c5)cc(-c5ncccn5)c4)cc32)c1. The minimum absolute atomic E-state index is 0.506. The summed E-state index contributed by atoms with van der Waals surface area (Å²) >= 11 is 0. The zero-order valence-corrected chi connectivity index (χ0v) is 29.4. The second-order valence-corrected chi connectivity index (χ2v) is 13.0. The molecule has 0 unspecified atom stereocenters. The maximum atomic E-state index is 9.63. The number of ether oxygens (including phenoxy) is 2. The summed E-state index contributed by atoms with van der Waals surface area (Å²) in [5.41, 5.74) is 5.44. The van der Waals surface area contributed by atoms with E-state index in [0.717, 1.165) is 43.6 Å². The molecule has 0 spiro atoms. The number of rotatable bonds is 7. The Hall–Kier alpha value is -8.34. The molecule has 56 heavy (non-hydrogen) atoms. The fourth-order valence-electron chi connectivity index (χ4n) is 7.27. The van der Waals surface area contributed by atoms with Gasteiger partial charge in [-0.15, -0.1) is 0 Å². The highest BCUT2D eigenvalue weighted by Crippen LogP contribution is 2.39. The number of hydrogen-bond acceptors (Lipinski definition) is 7. The number of nitriles is 1. The molecule has 0 aliphatic heterocycles. The summed E-state index contributed by atoms with van der Waals surface area (Å²) in [6.45, 7) is 7.57. The lowest BCUT2D eigenvalue weighted by Gasteiger charge is -2.13. The summed E-state index contributed by atoms with van der Waals surface area (Å²) in [5, 5.41) is 13.8. The molecule has 0 amide bonds. The van der Waals surface area contributed by atoms with Crippen LogP contribution in [0.3, 0.4) is 0 Å². The molecule has 262 valence electrons. The number of benzene rings is 5. The van der Waals surface area contributed by atoms with Gasteiger partial charge in [-0.25, -0.2) is 24.8 Å². The molecule has 10 aromatic rings. The Morgan fingerprint density at radius 2 is 1.05 bits per heavy atom. The van der Waals surface area contributed by atoms with Crippen LogP contribution in [0.5, 0.6) is 23.0 Å². The molecule has 5 heterocycles. The lowest BCUT2D eigenvalue weighted by molar-refractivity contribution is 0.461. The van der Waals surface area contributed by atoms with E-state index in [1.165, 1.54) is 0 Å². The van der Waals surface area contributed by atoms with Crippen molar-refractivity contribution in [2.75, 3.05) is 0 Å². The van der Waals surface area contributed by atoms with Gasteiger partial charge in [0.15, 0.2) is 11.5 Å². The third kappa shape index (κ3) is 5.59. The van der Waals surface area contributed by atoms with Gasteiger partial charge in [0.25, 0.3) is 0 Å². The summed E-state index contributed by atoms with van der Waals surface area (Å²) < 4.78 is 17.3. The molecule has 5 aromatic carbocycles. The molecule has 0 saturated heterocycles. The first kappa shape index (κ1) is 32.3. The van der Waals surface area contributed by atoms with Crippen molar-refractivity contribution in [3.05, 3.63) is 175 Å². The van der Waals surface area contributed by atoms with Crippen molar-refractivity contribution in [3.63, 3.8) is 0 Å². The summed E-state index contributed by atoms with van der Waals surface area (Å²) in [6, 6.07) is 44.7. The summed E-state index contributed by atoms with van der Waals surface area (Å²) in [5.74, 6) is 4.03. The van der Waals surface area contributed by atoms with E-state index in [1.807, 2.05) is 95.6 Å². The highest BCUT2D eigenvalue weighted by molar-refractivity contribution is 6.10. The van der Waals surface area contributed by atoms with Gasteiger partial charge in [0.1, 0.15) is 34.6 Å². The molecular weight excluding hydrogens is 697 g/mol. The first-order valence-electron chi connectivity index (χ1n) is 17.7. The van der Waals surface area contributed by atoms with E-state index in [1.54, 1.807) is 55.1 Å². The van der Waals surface area contributed by atoms with Crippen LogP contribution < -0.4 is 9.47 Å². The Kier molecular flexibility index (Phi) is 7.65. The monoisotopic (exact) mass is 722 g/mol. The third-order valence-electron chi connectivity index (χ3n) is 9.66. The Morgan fingerprint density at radius 1 is 0.500 bits per heavy atom. The van der Waals surface area contributed by atoms with E-state index in [2.05, 4.69) is 47.5 Å². The molecule has 10 heteroatoms. The van der Waals surface area contributed by atoms with E-state index < -0.39 is 0 Å². The van der Waals surface area contributed by atoms with Gasteiger partial charge in [-0.3, -0.25) is 9.13 Å². The zero-order chi connectivity index (χ0) is 37.6. The van der Waals surface area contributed by atoms with Gasteiger partial charge in [-0.2, -0.15) is 5.26 Å².